The zero-order chi connectivity index (χ0) is 2.71. The first-order valence-corrected chi connectivity index (χ1v) is 5.92. The van der Waals surface area contributed by atoms with E-state index in [2.05, 4.69) is 19.6 Å². The molecule has 0 unspecified atom stereocenters. The van der Waals surface area contributed by atoms with Crippen molar-refractivity contribution in [1.29, 1.82) is 0 Å². The van der Waals surface area contributed by atoms with Crippen LogP contribution in [0.4, 0.5) is 0 Å². The van der Waals surface area contributed by atoms with Crippen LogP contribution in [0.2, 0.25) is 0 Å². The Bertz CT molecular complexity index is 30.6. The van der Waals surface area contributed by atoms with E-state index in [1.54, 1.807) is 0 Å². The topological polar surface area (TPSA) is 0 Å². The molecule has 0 fully saturated rings. The Balaban J connectivity index is -0.0000000200. The van der Waals surface area contributed by atoms with Gasteiger partial charge in [-0.15, -0.1) is 0 Å². The van der Waals surface area contributed by atoms with Gasteiger partial charge >= 0.3 is 34.6 Å². The van der Waals surface area contributed by atoms with Gasteiger partial charge in [0.2, 0.25) is 0 Å². The third kappa shape index (κ3) is 21.6. The minimum absolute atomic E-state index is 0. The van der Waals surface area contributed by atoms with Crippen molar-refractivity contribution < 1.29 is 36.6 Å². The average Bonchev–Trinajstić information content (AvgIpc) is 0.918. The summed E-state index contributed by atoms with van der Waals surface area (Å²) in [5, 5.41) is 0. The number of hydrogen-bond acceptors (Lipinski definition) is 2. The number of hydrogen-bond donors (Lipinski definition) is 0. The van der Waals surface area contributed by atoms with Crippen LogP contribution in [0.15, 0.2) is 0 Å². The van der Waals surface area contributed by atoms with Gasteiger partial charge in [-0.1, -0.05) is 0 Å². The molecule has 5 heavy (non-hydrogen) atoms. The third-order valence-corrected chi connectivity index (χ3v) is 0. The molecular formula is H3AlMoS2Ti. The van der Waals surface area contributed by atoms with E-state index in [1.807, 2.05) is 0 Å². The van der Waals surface area contributed by atoms with E-state index in [0.717, 1.165) is 0 Å². The summed E-state index contributed by atoms with van der Waals surface area (Å²) in [7, 11) is 8.68. The fraction of sp³-hybridized carbons (Fsp3) is 0. The van der Waals surface area contributed by atoms with E-state index >= 15 is 0 Å². The van der Waals surface area contributed by atoms with Crippen LogP contribution in [0.1, 0.15) is 0 Å². The van der Waals surface area contributed by atoms with Gasteiger partial charge in [0.15, 0.2) is 17.4 Å². The van der Waals surface area contributed by atoms with Crippen molar-refractivity contribution in [3.63, 3.8) is 0 Å². The second-order valence-corrected chi connectivity index (χ2v) is 3.62. The molecule has 0 saturated heterocycles. The average molecular weight is 238 g/mol. The van der Waals surface area contributed by atoms with E-state index in [-0.39, 0.29) is 54.0 Å². The molecule has 0 aromatic carbocycles. The summed E-state index contributed by atoms with van der Waals surface area (Å²) in [4.78, 5) is 0. The Morgan fingerprint density at radius 2 is 1.20 bits per heavy atom. The van der Waals surface area contributed by atoms with E-state index in [1.165, 1.54) is 0 Å². The molecule has 28 valence electrons. The quantitative estimate of drug-likeness (QED) is 0.549. The monoisotopic (exact) mass is 240 g/mol. The van der Waals surface area contributed by atoms with E-state index in [9.17, 15) is 0 Å². The Hall–Kier alpha value is 2.38. The van der Waals surface area contributed by atoms with Crippen LogP contribution < -0.4 is 0 Å². The molecule has 0 saturated carbocycles. The van der Waals surface area contributed by atoms with Crippen molar-refractivity contribution in [2.45, 2.75) is 0 Å². The molecule has 0 radical (unpaired) electrons. The van der Waals surface area contributed by atoms with E-state index < -0.39 is 0 Å². The van der Waals surface area contributed by atoms with Crippen LogP contribution in [0.25, 0.3) is 0 Å². The molecule has 0 bridgehead atoms. The van der Waals surface area contributed by atoms with Crippen molar-refractivity contribution in [1.82, 2.24) is 0 Å². The summed E-state index contributed by atoms with van der Waals surface area (Å²) < 4.78 is 0. The minimum Gasteiger partial charge on any atom is 0 e. The van der Waals surface area contributed by atoms with Crippen LogP contribution in [0, 0.1) is 0 Å². The molecule has 0 aromatic rings. The molecule has 0 aliphatic carbocycles. The van der Waals surface area contributed by atoms with Gasteiger partial charge in [0.1, 0.15) is 0 Å². The van der Waals surface area contributed by atoms with Crippen LogP contribution in [0.5, 0.6) is 0 Å². The van der Waals surface area contributed by atoms with Gasteiger partial charge in [0.05, 0.1) is 0 Å². The van der Waals surface area contributed by atoms with Crippen LogP contribution >= 0.6 is 19.6 Å². The molecule has 0 spiro atoms. The van der Waals surface area contributed by atoms with Crippen molar-refractivity contribution in [2.75, 3.05) is 0 Å². The molecule has 0 aliphatic rings. The van der Waals surface area contributed by atoms with E-state index in [0.29, 0.717) is 0 Å². The largest absolute Gasteiger partial charge is 0 e. The SMILES string of the molecule is [AlH3].[S]=[Mo]=[S].[Ti]. The minimum atomic E-state index is -0.363. The Morgan fingerprint density at radius 3 is 1.20 bits per heavy atom. The zero-order valence-corrected chi connectivity index (χ0v) is 6.93. The smallest absolute Gasteiger partial charge is 0 e. The first-order chi connectivity index (χ1) is 1.41. The van der Waals surface area contributed by atoms with Crippen molar-refractivity contribution >= 4 is 37.0 Å². The van der Waals surface area contributed by atoms with Crippen LogP contribution in [0.3, 0.4) is 0 Å². The van der Waals surface area contributed by atoms with Crippen molar-refractivity contribution in [3.8, 4) is 0 Å². The summed E-state index contributed by atoms with van der Waals surface area (Å²) in [6.45, 7) is 0. The third-order valence-electron chi connectivity index (χ3n) is 0. The maximum absolute atomic E-state index is 4.34. The standard InChI is InChI=1S/Al.Mo.2S.Ti.3H. The zero-order valence-electron chi connectivity index (χ0n) is 1.72. The second-order valence-electron chi connectivity index (χ2n) is 0.0680. The first kappa shape index (κ1) is 15.7. The summed E-state index contributed by atoms with van der Waals surface area (Å²) in [6, 6.07) is 0. The number of rotatable bonds is 0. The van der Waals surface area contributed by atoms with Crippen molar-refractivity contribution in [2.24, 2.45) is 0 Å². The Labute approximate surface area is 72.5 Å². The molecule has 0 heterocycles. The molecule has 0 N–H and O–H groups in total. The molecule has 0 atom stereocenters. The fourth-order valence-corrected chi connectivity index (χ4v) is 0. The van der Waals surface area contributed by atoms with Gasteiger partial charge < -0.3 is 0 Å². The molecule has 0 nitrogen and oxygen atoms in total. The molecule has 0 aromatic heterocycles. The Morgan fingerprint density at radius 1 is 1.20 bits per heavy atom. The second kappa shape index (κ2) is 16.2. The maximum Gasteiger partial charge on any atom is 0 e. The predicted octanol–water partition coefficient (Wildman–Crippen LogP) is 0.108. The van der Waals surface area contributed by atoms with Crippen LogP contribution in [-0.4, -0.2) is 17.4 Å². The van der Waals surface area contributed by atoms with Crippen LogP contribution in [-0.2, 0) is 36.6 Å². The predicted molar refractivity (Wildman–Crippen MR) is 25.1 cm³/mol. The Kier molecular flexibility index (Phi) is 50.6. The summed E-state index contributed by atoms with van der Waals surface area (Å²) >= 11 is -0.363. The summed E-state index contributed by atoms with van der Waals surface area (Å²) in [5.41, 5.74) is 0. The van der Waals surface area contributed by atoms with Gasteiger partial charge in [0.25, 0.3) is 0 Å². The first-order valence-electron chi connectivity index (χ1n) is 0.333. The molecule has 5 heteroatoms. The van der Waals surface area contributed by atoms with Crippen molar-refractivity contribution in [3.05, 3.63) is 0 Å². The molecule has 0 aliphatic heterocycles. The fourth-order valence-electron chi connectivity index (χ4n) is 0. The summed E-state index contributed by atoms with van der Waals surface area (Å²) in [6.07, 6.45) is 0. The summed E-state index contributed by atoms with van der Waals surface area (Å²) in [5.74, 6) is 0. The van der Waals surface area contributed by atoms with Gasteiger partial charge in [-0.25, -0.2) is 0 Å². The van der Waals surface area contributed by atoms with Gasteiger partial charge in [-0.2, -0.15) is 0 Å². The molecular weight excluding hydrogens is 235 g/mol. The van der Waals surface area contributed by atoms with Gasteiger partial charge in [-0.05, 0) is 0 Å². The van der Waals surface area contributed by atoms with E-state index in [4.69, 9.17) is 0 Å². The molecule has 0 rings (SSSR count). The maximum atomic E-state index is 4.34. The van der Waals surface area contributed by atoms with Gasteiger partial charge in [-0.3, -0.25) is 0 Å². The van der Waals surface area contributed by atoms with Gasteiger partial charge in [0, 0.05) is 21.7 Å². The normalized spacial score (nSPS) is 2.40. The molecule has 0 amide bonds.